The van der Waals surface area contributed by atoms with Crippen molar-refractivity contribution in [2.75, 3.05) is 0 Å². The van der Waals surface area contributed by atoms with E-state index in [0.29, 0.717) is 0 Å². The molecule has 5 nitrogen and oxygen atoms in total. The molecule has 0 aliphatic heterocycles. The third-order valence-electron chi connectivity index (χ3n) is 2.67. The van der Waals surface area contributed by atoms with Gasteiger partial charge in [-0.1, -0.05) is 23.2 Å². The van der Waals surface area contributed by atoms with Gasteiger partial charge in [-0.05, 0) is 30.9 Å². The van der Waals surface area contributed by atoms with Gasteiger partial charge in [0.25, 0.3) is 5.91 Å². The number of hydrogen-bond donors (Lipinski definition) is 2. The van der Waals surface area contributed by atoms with E-state index in [1.165, 1.54) is 12.1 Å². The smallest absolute Gasteiger partial charge is 0.326 e. The first-order chi connectivity index (χ1) is 8.47. The molecule has 1 aliphatic carbocycles. The quantitative estimate of drug-likeness (QED) is 0.831. The zero-order valence-corrected chi connectivity index (χ0v) is 10.7. The zero-order chi connectivity index (χ0) is 13.3. The van der Waals surface area contributed by atoms with Crippen molar-refractivity contribution in [3.8, 4) is 0 Å². The minimum Gasteiger partial charge on any atom is -0.480 e. The van der Waals surface area contributed by atoms with Gasteiger partial charge in [-0.2, -0.15) is 0 Å². The number of hydrogen-bond acceptors (Lipinski definition) is 3. The third-order valence-corrected chi connectivity index (χ3v) is 3.06. The molecule has 2 rings (SSSR count). The lowest BCUT2D eigenvalue weighted by Crippen LogP contribution is -2.42. The molecule has 96 valence electrons. The van der Waals surface area contributed by atoms with Crippen LogP contribution in [0, 0.1) is 5.92 Å². The maximum absolute atomic E-state index is 11.9. The normalized spacial score (nSPS) is 16.1. The van der Waals surface area contributed by atoms with E-state index in [0.717, 1.165) is 12.8 Å². The molecule has 1 atom stereocenters. The van der Waals surface area contributed by atoms with E-state index in [4.69, 9.17) is 28.3 Å². The molecule has 0 aromatic carbocycles. The molecule has 1 aliphatic rings. The summed E-state index contributed by atoms with van der Waals surface area (Å²) in [7, 11) is 0. The lowest BCUT2D eigenvalue weighted by atomic mass is 10.1. The van der Waals surface area contributed by atoms with E-state index in [9.17, 15) is 9.59 Å². The predicted molar refractivity (Wildman–Crippen MR) is 65.9 cm³/mol. The first-order valence-corrected chi connectivity index (χ1v) is 6.09. The van der Waals surface area contributed by atoms with Crippen LogP contribution in [0.25, 0.3) is 0 Å². The van der Waals surface area contributed by atoms with E-state index in [2.05, 4.69) is 10.3 Å². The number of carbonyl (C=O) groups excluding carboxylic acids is 1. The number of nitrogens with zero attached hydrogens (tertiary/aromatic N) is 1. The maximum atomic E-state index is 11.9. The molecule has 0 radical (unpaired) electrons. The van der Waals surface area contributed by atoms with Gasteiger partial charge in [0.2, 0.25) is 0 Å². The second-order valence-electron chi connectivity index (χ2n) is 4.13. The highest BCUT2D eigenvalue weighted by molar-refractivity contribution is 6.33. The summed E-state index contributed by atoms with van der Waals surface area (Å²) in [6.45, 7) is 0. The summed E-state index contributed by atoms with van der Waals surface area (Å²) >= 11 is 11.4. The molecule has 1 aromatic rings. The van der Waals surface area contributed by atoms with Crippen molar-refractivity contribution >= 4 is 35.1 Å². The summed E-state index contributed by atoms with van der Waals surface area (Å²) in [5.74, 6) is -1.53. The largest absolute Gasteiger partial charge is 0.480 e. The average Bonchev–Trinajstić information content (AvgIpc) is 3.07. The zero-order valence-electron chi connectivity index (χ0n) is 9.19. The van der Waals surface area contributed by atoms with Crippen LogP contribution in [0.3, 0.4) is 0 Å². The number of carboxylic acid groups (broad SMARTS) is 1. The highest BCUT2D eigenvalue weighted by atomic mass is 35.5. The highest BCUT2D eigenvalue weighted by Gasteiger charge is 2.37. The number of rotatable bonds is 4. The summed E-state index contributed by atoms with van der Waals surface area (Å²) in [6, 6.07) is 1.83. The van der Waals surface area contributed by atoms with Gasteiger partial charge in [0, 0.05) is 5.56 Å². The van der Waals surface area contributed by atoms with Crippen LogP contribution in [0.4, 0.5) is 0 Å². The number of aromatic nitrogens is 1. The number of nitrogens with one attached hydrogen (secondary N) is 1. The van der Waals surface area contributed by atoms with Crippen molar-refractivity contribution < 1.29 is 14.7 Å². The monoisotopic (exact) mass is 288 g/mol. The van der Waals surface area contributed by atoms with Gasteiger partial charge in [0.15, 0.2) is 0 Å². The second kappa shape index (κ2) is 5.12. The Kier molecular flexibility index (Phi) is 3.73. The van der Waals surface area contributed by atoms with Crippen molar-refractivity contribution in [3.63, 3.8) is 0 Å². The number of carboxylic acids is 1. The molecule has 0 bridgehead atoms. The van der Waals surface area contributed by atoms with E-state index in [-0.39, 0.29) is 21.8 Å². The topological polar surface area (TPSA) is 79.3 Å². The van der Waals surface area contributed by atoms with Crippen molar-refractivity contribution in [2.45, 2.75) is 18.9 Å². The molecule has 1 amide bonds. The number of halogens is 2. The lowest BCUT2D eigenvalue weighted by molar-refractivity contribution is -0.139. The molecule has 2 N–H and O–H groups in total. The van der Waals surface area contributed by atoms with Crippen molar-refractivity contribution in [1.29, 1.82) is 0 Å². The highest BCUT2D eigenvalue weighted by Crippen LogP contribution is 2.32. The fraction of sp³-hybridized carbons (Fsp3) is 0.364. The molecule has 0 spiro atoms. The summed E-state index contributed by atoms with van der Waals surface area (Å²) in [6.07, 6.45) is 1.63. The standard InChI is InChI=1S/C11H10Cl2N2O3/c12-7-3-6(4-8(13)14-7)10(16)15-9(11(17)18)5-1-2-5/h3-5,9H,1-2H2,(H,15,16)(H,17,18). The van der Waals surface area contributed by atoms with Crippen LogP contribution >= 0.6 is 23.2 Å². The van der Waals surface area contributed by atoms with Crippen LogP contribution in [0.5, 0.6) is 0 Å². The Bertz CT molecular complexity index is 483. The fourth-order valence-electron chi connectivity index (χ4n) is 1.63. The van der Waals surface area contributed by atoms with E-state index < -0.39 is 17.9 Å². The van der Waals surface area contributed by atoms with Gasteiger partial charge < -0.3 is 10.4 Å². The number of aliphatic carboxylic acids is 1. The average molecular weight is 289 g/mol. The van der Waals surface area contributed by atoms with Crippen LogP contribution in [0.1, 0.15) is 23.2 Å². The lowest BCUT2D eigenvalue weighted by Gasteiger charge is -2.13. The number of amides is 1. The van der Waals surface area contributed by atoms with E-state index >= 15 is 0 Å². The van der Waals surface area contributed by atoms with E-state index in [1.807, 2.05) is 0 Å². The second-order valence-corrected chi connectivity index (χ2v) is 4.90. The first-order valence-electron chi connectivity index (χ1n) is 5.34. The fourth-order valence-corrected chi connectivity index (χ4v) is 2.09. The Morgan fingerprint density at radius 1 is 1.33 bits per heavy atom. The summed E-state index contributed by atoms with van der Waals surface area (Å²) in [5, 5.41) is 11.7. The number of pyridine rings is 1. The Morgan fingerprint density at radius 2 is 1.89 bits per heavy atom. The molecular weight excluding hydrogens is 279 g/mol. The van der Waals surface area contributed by atoms with Crippen LogP contribution in [0.2, 0.25) is 10.3 Å². The van der Waals surface area contributed by atoms with Gasteiger partial charge in [-0.25, -0.2) is 9.78 Å². The molecule has 1 fully saturated rings. The Balaban J connectivity index is 2.13. The van der Waals surface area contributed by atoms with Gasteiger partial charge in [0.05, 0.1) is 0 Å². The molecule has 1 heterocycles. The van der Waals surface area contributed by atoms with Crippen LogP contribution in [0.15, 0.2) is 12.1 Å². The maximum Gasteiger partial charge on any atom is 0.326 e. The number of carbonyl (C=O) groups is 2. The molecule has 1 saturated carbocycles. The molecule has 1 unspecified atom stereocenters. The van der Waals surface area contributed by atoms with Crippen LogP contribution in [-0.2, 0) is 4.79 Å². The summed E-state index contributed by atoms with van der Waals surface area (Å²) < 4.78 is 0. The van der Waals surface area contributed by atoms with Crippen LogP contribution < -0.4 is 5.32 Å². The first kappa shape index (κ1) is 13.1. The van der Waals surface area contributed by atoms with E-state index in [1.54, 1.807) is 0 Å². The van der Waals surface area contributed by atoms with Crippen LogP contribution in [-0.4, -0.2) is 28.0 Å². The molecule has 0 saturated heterocycles. The van der Waals surface area contributed by atoms with Crippen molar-refractivity contribution in [2.24, 2.45) is 5.92 Å². The third kappa shape index (κ3) is 3.11. The Hall–Kier alpha value is -1.33. The minimum absolute atomic E-state index is 0.0132. The summed E-state index contributed by atoms with van der Waals surface area (Å²) in [5.41, 5.74) is 0.201. The molecule has 18 heavy (non-hydrogen) atoms. The molecule has 1 aromatic heterocycles. The van der Waals surface area contributed by atoms with Gasteiger partial charge in [-0.3, -0.25) is 4.79 Å². The SMILES string of the molecule is O=C(NC(C(=O)O)C1CC1)c1cc(Cl)nc(Cl)c1. The van der Waals surface area contributed by atoms with Gasteiger partial charge in [0.1, 0.15) is 16.3 Å². The van der Waals surface area contributed by atoms with Crippen molar-refractivity contribution in [3.05, 3.63) is 28.0 Å². The van der Waals surface area contributed by atoms with Gasteiger partial charge in [-0.15, -0.1) is 0 Å². The van der Waals surface area contributed by atoms with Crippen molar-refractivity contribution in [1.82, 2.24) is 10.3 Å². The predicted octanol–water partition coefficient (Wildman–Crippen LogP) is 1.98. The molecular formula is C11H10Cl2N2O3. The Labute approximate surface area is 113 Å². The Morgan fingerprint density at radius 3 is 2.33 bits per heavy atom. The molecule has 7 heteroatoms. The summed E-state index contributed by atoms with van der Waals surface area (Å²) in [4.78, 5) is 26.6. The van der Waals surface area contributed by atoms with Gasteiger partial charge >= 0.3 is 5.97 Å². The minimum atomic E-state index is -1.03.